The Kier molecular flexibility index (Phi) is 6.99. The number of aromatic hydroxyl groups is 1. The molecular weight excluding hydrogens is 412 g/mol. The molecule has 0 radical (unpaired) electrons. The summed E-state index contributed by atoms with van der Waals surface area (Å²) in [6.07, 6.45) is 1.16. The molecule has 1 fully saturated rings. The van der Waals surface area contributed by atoms with Crippen LogP contribution in [-0.4, -0.2) is 60.2 Å². The lowest BCUT2D eigenvalue weighted by Crippen LogP contribution is -2.41. The molecule has 1 heterocycles. The molecule has 3 N–H and O–H groups in total. The average molecular weight is 431 g/mol. The van der Waals surface area contributed by atoms with E-state index < -0.39 is 11.8 Å². The van der Waals surface area contributed by atoms with Crippen molar-refractivity contribution in [1.82, 2.24) is 10.3 Å². The van der Waals surface area contributed by atoms with Crippen molar-refractivity contribution in [3.05, 3.63) is 58.6 Å². The number of phenolic OH excluding ortho intramolecular Hbond substituents is 1. The summed E-state index contributed by atoms with van der Waals surface area (Å²) < 4.78 is 5.24. The van der Waals surface area contributed by atoms with E-state index in [1.54, 1.807) is 23.1 Å². The molecule has 1 aliphatic rings. The van der Waals surface area contributed by atoms with E-state index in [2.05, 4.69) is 15.8 Å². The second-order valence-electron chi connectivity index (χ2n) is 6.31. The van der Waals surface area contributed by atoms with Crippen LogP contribution in [0.4, 0.5) is 5.69 Å². The molecule has 3 rings (SSSR count). The summed E-state index contributed by atoms with van der Waals surface area (Å²) in [5, 5.41) is 16.2. The van der Waals surface area contributed by atoms with Crippen molar-refractivity contribution in [3.8, 4) is 5.75 Å². The minimum atomic E-state index is -1.04. The molecular formula is C20H19ClN4O5. The van der Waals surface area contributed by atoms with Crippen LogP contribution in [0, 0.1) is 0 Å². The van der Waals surface area contributed by atoms with E-state index in [0.29, 0.717) is 31.3 Å². The van der Waals surface area contributed by atoms with Crippen LogP contribution < -0.4 is 10.7 Å². The Bertz CT molecular complexity index is 989. The number of hydrogen-bond donors (Lipinski definition) is 3. The van der Waals surface area contributed by atoms with Gasteiger partial charge in [0.1, 0.15) is 5.75 Å². The second kappa shape index (κ2) is 9.86. The van der Waals surface area contributed by atoms with Crippen LogP contribution in [0.3, 0.4) is 0 Å². The average Bonchev–Trinajstić information content (AvgIpc) is 2.76. The van der Waals surface area contributed by atoms with Gasteiger partial charge < -0.3 is 20.1 Å². The summed E-state index contributed by atoms with van der Waals surface area (Å²) in [5.74, 6) is -2.38. The minimum Gasteiger partial charge on any atom is -0.507 e. The number of anilines is 1. The number of amides is 3. The summed E-state index contributed by atoms with van der Waals surface area (Å²) in [4.78, 5) is 38.6. The molecule has 0 unspecified atom stereocenters. The van der Waals surface area contributed by atoms with Gasteiger partial charge in [-0.1, -0.05) is 23.7 Å². The minimum absolute atomic E-state index is 0.0857. The standard InChI is InChI=1S/C20H19ClN4O5/c21-14-5-6-17(26)13(11-14)12-22-24-19(28)18(27)23-16-4-2-1-3-15(16)20(29)25-7-9-30-10-8-25/h1-6,11-12,26H,7-10H2,(H,23,27)(H,24,28)/b22-12-. The quantitative estimate of drug-likeness (QED) is 0.386. The van der Waals surface area contributed by atoms with Gasteiger partial charge in [-0.25, -0.2) is 5.43 Å². The zero-order valence-electron chi connectivity index (χ0n) is 15.8. The van der Waals surface area contributed by atoms with Crippen LogP contribution in [0.25, 0.3) is 0 Å². The second-order valence-corrected chi connectivity index (χ2v) is 6.74. The lowest BCUT2D eigenvalue weighted by atomic mass is 10.1. The number of rotatable bonds is 4. The van der Waals surface area contributed by atoms with Gasteiger partial charge in [-0.3, -0.25) is 14.4 Å². The van der Waals surface area contributed by atoms with Gasteiger partial charge in [0.25, 0.3) is 5.91 Å². The van der Waals surface area contributed by atoms with Crippen molar-refractivity contribution >= 4 is 41.2 Å². The van der Waals surface area contributed by atoms with E-state index in [9.17, 15) is 19.5 Å². The highest BCUT2D eigenvalue weighted by Gasteiger charge is 2.22. The van der Waals surface area contributed by atoms with Crippen molar-refractivity contribution in [1.29, 1.82) is 0 Å². The van der Waals surface area contributed by atoms with Crippen LogP contribution in [0.15, 0.2) is 47.6 Å². The van der Waals surface area contributed by atoms with Crippen LogP contribution in [-0.2, 0) is 14.3 Å². The smallest absolute Gasteiger partial charge is 0.329 e. The number of para-hydroxylation sites is 1. The predicted molar refractivity (Wildman–Crippen MR) is 111 cm³/mol. The van der Waals surface area contributed by atoms with Gasteiger partial charge >= 0.3 is 11.8 Å². The first kappa shape index (κ1) is 21.3. The number of nitrogens with one attached hydrogen (secondary N) is 2. The van der Waals surface area contributed by atoms with Gasteiger partial charge in [-0.2, -0.15) is 5.10 Å². The van der Waals surface area contributed by atoms with E-state index in [0.717, 1.165) is 6.21 Å². The van der Waals surface area contributed by atoms with Crippen LogP contribution in [0.5, 0.6) is 5.75 Å². The number of hydrogen-bond acceptors (Lipinski definition) is 6. The maximum atomic E-state index is 12.7. The zero-order valence-corrected chi connectivity index (χ0v) is 16.6. The number of hydrazone groups is 1. The molecule has 156 valence electrons. The Labute approximate surface area is 177 Å². The fourth-order valence-corrected chi connectivity index (χ4v) is 2.92. The first-order chi connectivity index (χ1) is 14.5. The highest BCUT2D eigenvalue weighted by molar-refractivity contribution is 6.40. The molecule has 9 nitrogen and oxygen atoms in total. The number of carbonyl (C=O) groups excluding carboxylic acids is 3. The highest BCUT2D eigenvalue weighted by Crippen LogP contribution is 2.20. The molecule has 2 aromatic rings. The topological polar surface area (TPSA) is 120 Å². The number of carbonyl (C=O) groups is 3. The molecule has 30 heavy (non-hydrogen) atoms. The largest absolute Gasteiger partial charge is 0.507 e. The lowest BCUT2D eigenvalue weighted by Gasteiger charge is -2.27. The van der Waals surface area contributed by atoms with Gasteiger partial charge in [-0.05, 0) is 30.3 Å². The Balaban J connectivity index is 1.64. The van der Waals surface area contributed by atoms with Gasteiger partial charge in [0.15, 0.2) is 0 Å². The van der Waals surface area contributed by atoms with E-state index in [-0.39, 0.29) is 28.5 Å². The molecule has 10 heteroatoms. The summed E-state index contributed by atoms with van der Waals surface area (Å²) in [6, 6.07) is 10.7. The third-order valence-corrected chi connectivity index (χ3v) is 4.50. The monoisotopic (exact) mass is 430 g/mol. The molecule has 0 bridgehead atoms. The first-order valence-corrected chi connectivity index (χ1v) is 9.42. The van der Waals surface area contributed by atoms with E-state index in [1.807, 2.05) is 0 Å². The molecule has 0 spiro atoms. The molecule has 0 aromatic heterocycles. The summed E-state index contributed by atoms with van der Waals surface area (Å²) in [6.45, 7) is 1.80. The van der Waals surface area contributed by atoms with Gasteiger partial charge in [-0.15, -0.1) is 0 Å². The lowest BCUT2D eigenvalue weighted by molar-refractivity contribution is -0.136. The number of phenols is 1. The maximum absolute atomic E-state index is 12.7. The number of morpholine rings is 1. The van der Waals surface area contributed by atoms with Gasteiger partial charge in [0.2, 0.25) is 0 Å². The highest BCUT2D eigenvalue weighted by atomic mass is 35.5. The fourth-order valence-electron chi connectivity index (χ4n) is 2.73. The first-order valence-electron chi connectivity index (χ1n) is 9.04. The van der Waals surface area contributed by atoms with Crippen LogP contribution >= 0.6 is 11.6 Å². The Morgan fingerprint density at radius 2 is 1.83 bits per heavy atom. The molecule has 0 atom stereocenters. The SMILES string of the molecule is O=C(N/N=C\c1cc(Cl)ccc1O)C(=O)Nc1ccccc1C(=O)N1CCOCC1. The van der Waals surface area contributed by atoms with Crippen molar-refractivity contribution in [3.63, 3.8) is 0 Å². The number of halogens is 1. The van der Waals surface area contributed by atoms with E-state index >= 15 is 0 Å². The van der Waals surface area contributed by atoms with Crippen molar-refractivity contribution in [2.45, 2.75) is 0 Å². The van der Waals surface area contributed by atoms with Crippen molar-refractivity contribution in [2.24, 2.45) is 5.10 Å². The van der Waals surface area contributed by atoms with Gasteiger partial charge in [0, 0.05) is 23.7 Å². The molecule has 1 aliphatic heterocycles. The third kappa shape index (κ3) is 5.34. The maximum Gasteiger partial charge on any atom is 0.329 e. The Hall–Kier alpha value is -3.43. The van der Waals surface area contributed by atoms with Crippen molar-refractivity contribution in [2.75, 3.05) is 31.6 Å². The number of nitrogens with zero attached hydrogens (tertiary/aromatic N) is 2. The summed E-state index contributed by atoms with van der Waals surface area (Å²) in [7, 11) is 0. The molecule has 0 aliphatic carbocycles. The van der Waals surface area contributed by atoms with E-state index in [4.69, 9.17) is 16.3 Å². The Morgan fingerprint density at radius 3 is 2.60 bits per heavy atom. The zero-order chi connectivity index (χ0) is 21.5. The van der Waals surface area contributed by atoms with Crippen LogP contribution in [0.2, 0.25) is 5.02 Å². The molecule has 2 aromatic carbocycles. The summed E-state index contributed by atoms with van der Waals surface area (Å²) in [5.41, 5.74) is 2.82. The predicted octanol–water partition coefficient (Wildman–Crippen LogP) is 1.61. The van der Waals surface area contributed by atoms with E-state index in [1.165, 1.54) is 24.3 Å². The van der Waals surface area contributed by atoms with Crippen LogP contribution in [0.1, 0.15) is 15.9 Å². The van der Waals surface area contributed by atoms with Gasteiger partial charge in [0.05, 0.1) is 30.7 Å². The number of ether oxygens (including phenoxy) is 1. The normalized spacial score (nSPS) is 13.8. The fraction of sp³-hybridized carbons (Fsp3) is 0.200. The number of benzene rings is 2. The van der Waals surface area contributed by atoms with Crippen molar-refractivity contribution < 1.29 is 24.2 Å². The third-order valence-electron chi connectivity index (χ3n) is 4.27. The summed E-state index contributed by atoms with van der Waals surface area (Å²) >= 11 is 5.83. The Morgan fingerprint density at radius 1 is 1.10 bits per heavy atom. The molecule has 0 saturated carbocycles. The molecule has 1 saturated heterocycles. The molecule has 3 amide bonds.